The molecule has 0 unspecified atom stereocenters. The zero-order valence-corrected chi connectivity index (χ0v) is 20.8. The van der Waals surface area contributed by atoms with E-state index < -0.39 is 35.7 Å². The molecule has 146 valence electrons. The number of hydrogen-bond acceptors (Lipinski definition) is 5. The fourth-order valence-corrected chi connectivity index (χ4v) is 6.84. The van der Waals surface area contributed by atoms with Gasteiger partial charge in [0.2, 0.25) is 0 Å². The van der Waals surface area contributed by atoms with Gasteiger partial charge in [-0.05, 0) is 0 Å². The molecule has 0 aromatic carbocycles. The van der Waals surface area contributed by atoms with Gasteiger partial charge in [-0.1, -0.05) is 0 Å². The number of rotatable bonds is 5. The predicted molar refractivity (Wildman–Crippen MR) is 109 cm³/mol. The van der Waals surface area contributed by atoms with Gasteiger partial charge in [-0.25, -0.2) is 0 Å². The Balaban J connectivity index is 2.57. The van der Waals surface area contributed by atoms with E-state index in [9.17, 15) is 8.42 Å². The predicted octanol–water partition coefficient (Wildman–Crippen LogP) is 2.52. The molecule has 0 amide bonds. The summed E-state index contributed by atoms with van der Waals surface area (Å²) in [6.07, 6.45) is 2.30. The van der Waals surface area contributed by atoms with Crippen LogP contribution in [0.5, 0.6) is 0 Å². The van der Waals surface area contributed by atoms with Crippen molar-refractivity contribution in [3.63, 3.8) is 0 Å². The Bertz CT molecular complexity index is 742. The fraction of sp³-hybridized carbons (Fsp3) is 0.737. The molecular formula is C19H32N2O3SSn. The molecule has 0 N–H and O–H groups in total. The van der Waals surface area contributed by atoms with Gasteiger partial charge in [0.05, 0.1) is 0 Å². The van der Waals surface area contributed by atoms with Crippen LogP contribution >= 0.6 is 0 Å². The number of nitrogens with zero attached hydrogens (tertiary/aromatic N) is 2. The molecular weight excluding hydrogens is 455 g/mol. The number of sulfone groups is 1. The van der Waals surface area contributed by atoms with E-state index in [0.717, 1.165) is 28.1 Å². The summed E-state index contributed by atoms with van der Waals surface area (Å²) >= 11 is -0.963. The molecule has 0 spiro atoms. The van der Waals surface area contributed by atoms with Crippen molar-refractivity contribution in [2.24, 2.45) is 0 Å². The Labute approximate surface area is 169 Å². The summed E-state index contributed by atoms with van der Waals surface area (Å²) in [6, 6.07) is 4.32. The van der Waals surface area contributed by atoms with Crippen molar-refractivity contribution in [1.82, 2.24) is 4.98 Å². The van der Waals surface area contributed by atoms with Crippen LogP contribution in [-0.4, -0.2) is 66.6 Å². The number of anilines is 1. The summed E-state index contributed by atoms with van der Waals surface area (Å²) in [5.41, 5.74) is 0.853. The second kappa shape index (κ2) is 7.95. The van der Waals surface area contributed by atoms with Crippen molar-refractivity contribution >= 4 is 40.5 Å². The standard InChI is InChI=1S/C15H23N2O3S.C4H9.Sn/c1-5-13-11-20-9-8-17(13)14-10-12(6-7-16-14)15(2,3)21(4,18)19;1-4(2)3;/h6,10,13H,5,8-9,11H2,1-4H3;1-3H3;/t13-;;/m0../s1. The normalized spacial score (nSPS) is 19.7. The van der Waals surface area contributed by atoms with Gasteiger partial charge in [0.15, 0.2) is 0 Å². The number of pyridine rings is 1. The summed E-state index contributed by atoms with van der Waals surface area (Å²) in [7, 11) is -3.23. The van der Waals surface area contributed by atoms with Crippen molar-refractivity contribution in [2.75, 3.05) is 30.9 Å². The molecule has 0 bridgehead atoms. The van der Waals surface area contributed by atoms with E-state index in [-0.39, 0.29) is 3.43 Å². The first kappa shape index (κ1) is 22.0. The Kier molecular flexibility index (Phi) is 6.72. The van der Waals surface area contributed by atoms with E-state index in [1.165, 1.54) is 6.26 Å². The zero-order valence-electron chi connectivity index (χ0n) is 17.1. The first-order chi connectivity index (χ1) is 11.8. The Morgan fingerprint density at radius 3 is 2.46 bits per heavy atom. The van der Waals surface area contributed by atoms with E-state index in [1.807, 2.05) is 12.1 Å². The van der Waals surface area contributed by atoms with Crippen LogP contribution < -0.4 is 8.61 Å². The van der Waals surface area contributed by atoms with Gasteiger partial charge in [0, 0.05) is 0 Å². The molecule has 2 radical (unpaired) electrons. The molecule has 0 saturated carbocycles. The van der Waals surface area contributed by atoms with Gasteiger partial charge in [-0.15, -0.1) is 0 Å². The molecule has 2 heterocycles. The Hall–Kier alpha value is -0.341. The quantitative estimate of drug-likeness (QED) is 0.598. The summed E-state index contributed by atoms with van der Waals surface area (Å²) < 4.78 is 30.9. The molecule has 1 fully saturated rings. The molecule has 26 heavy (non-hydrogen) atoms. The molecule has 1 aromatic heterocycles. The molecule has 1 aromatic rings. The van der Waals surface area contributed by atoms with Gasteiger partial charge in [0.1, 0.15) is 0 Å². The number of hydrogen-bond donors (Lipinski definition) is 0. The molecule has 5 nitrogen and oxygen atoms in total. The second-order valence-corrected chi connectivity index (χ2v) is 17.6. The zero-order chi connectivity index (χ0) is 19.8. The van der Waals surface area contributed by atoms with E-state index in [1.54, 1.807) is 13.8 Å². The topological polar surface area (TPSA) is 59.5 Å². The van der Waals surface area contributed by atoms with Gasteiger partial charge in [-0.2, -0.15) is 0 Å². The average Bonchev–Trinajstić information content (AvgIpc) is 2.51. The van der Waals surface area contributed by atoms with Gasteiger partial charge in [-0.3, -0.25) is 0 Å². The van der Waals surface area contributed by atoms with Crippen molar-refractivity contribution in [3.05, 3.63) is 17.7 Å². The van der Waals surface area contributed by atoms with Crippen LogP contribution in [-0.2, 0) is 19.3 Å². The van der Waals surface area contributed by atoms with Crippen LogP contribution in [0.1, 0.15) is 53.5 Å². The van der Waals surface area contributed by atoms with Crippen molar-refractivity contribution in [2.45, 2.75) is 62.2 Å². The Morgan fingerprint density at radius 1 is 1.27 bits per heavy atom. The molecule has 2 rings (SSSR count). The minimum atomic E-state index is -3.23. The third-order valence-electron chi connectivity index (χ3n) is 4.93. The molecule has 1 saturated heterocycles. The SMILES string of the molecule is CC[C@H]1COCCN1c1cc(C(C)(C)S(C)(=O)=O)c[c]([Sn][C](C)(C)C)n1. The first-order valence-electron chi connectivity index (χ1n) is 9.20. The van der Waals surface area contributed by atoms with E-state index in [2.05, 4.69) is 32.6 Å². The third kappa shape index (κ3) is 5.13. The van der Waals surface area contributed by atoms with Crippen LogP contribution in [0.2, 0.25) is 3.43 Å². The molecule has 1 aliphatic heterocycles. The average molecular weight is 487 g/mol. The summed E-state index contributed by atoms with van der Waals surface area (Å²) in [6.45, 7) is 14.7. The van der Waals surface area contributed by atoms with Crippen LogP contribution in [0.4, 0.5) is 5.82 Å². The van der Waals surface area contributed by atoms with Crippen molar-refractivity contribution < 1.29 is 13.2 Å². The third-order valence-corrected chi connectivity index (χ3v) is 10.6. The van der Waals surface area contributed by atoms with Crippen LogP contribution in [0.3, 0.4) is 0 Å². The van der Waals surface area contributed by atoms with Gasteiger partial charge >= 0.3 is 169 Å². The number of morpholine rings is 1. The van der Waals surface area contributed by atoms with Gasteiger partial charge in [0.25, 0.3) is 0 Å². The van der Waals surface area contributed by atoms with Crippen LogP contribution in [0.25, 0.3) is 0 Å². The van der Waals surface area contributed by atoms with Crippen LogP contribution in [0, 0.1) is 0 Å². The summed E-state index contributed by atoms with van der Waals surface area (Å²) in [5.74, 6) is 0.912. The molecule has 1 atom stereocenters. The maximum atomic E-state index is 12.4. The monoisotopic (exact) mass is 488 g/mol. The second-order valence-electron chi connectivity index (χ2n) is 8.59. The first-order valence-corrected chi connectivity index (χ1v) is 13.9. The van der Waals surface area contributed by atoms with E-state index in [4.69, 9.17) is 9.72 Å². The summed E-state index contributed by atoms with van der Waals surface area (Å²) in [4.78, 5) is 7.29. The van der Waals surface area contributed by atoms with Crippen LogP contribution in [0.15, 0.2) is 12.1 Å². The maximum absolute atomic E-state index is 12.4. The number of aromatic nitrogens is 1. The summed E-state index contributed by atoms with van der Waals surface area (Å²) in [5, 5.41) is 0. The van der Waals surface area contributed by atoms with E-state index >= 15 is 0 Å². The van der Waals surface area contributed by atoms with Crippen molar-refractivity contribution in [1.29, 1.82) is 0 Å². The Morgan fingerprint density at radius 2 is 1.92 bits per heavy atom. The van der Waals surface area contributed by atoms with Gasteiger partial charge < -0.3 is 0 Å². The van der Waals surface area contributed by atoms with E-state index in [0.29, 0.717) is 19.3 Å². The molecule has 0 aliphatic carbocycles. The molecule has 1 aliphatic rings. The number of ether oxygens (including phenoxy) is 1. The van der Waals surface area contributed by atoms with Crippen molar-refractivity contribution in [3.8, 4) is 0 Å². The minimum absolute atomic E-state index is 0.247. The fourth-order valence-electron chi connectivity index (χ4n) is 2.97. The molecule has 7 heteroatoms.